The van der Waals surface area contributed by atoms with Crippen LogP contribution >= 0.6 is 0 Å². The van der Waals surface area contributed by atoms with Gasteiger partial charge >= 0.3 is 0 Å². The molecule has 2 rings (SSSR count). The van der Waals surface area contributed by atoms with Gasteiger partial charge in [-0.25, -0.2) is 4.98 Å². The van der Waals surface area contributed by atoms with E-state index in [1.54, 1.807) is 13.1 Å². The molecule has 0 fully saturated rings. The second kappa shape index (κ2) is 3.68. The molecule has 14 heavy (non-hydrogen) atoms. The van der Waals surface area contributed by atoms with Crippen LogP contribution in [-0.2, 0) is 17.9 Å². The summed E-state index contributed by atoms with van der Waals surface area (Å²) in [4.78, 5) is 4.18. The van der Waals surface area contributed by atoms with Crippen molar-refractivity contribution in [1.29, 1.82) is 0 Å². The highest BCUT2D eigenvalue weighted by Gasteiger charge is 2.21. The maximum atomic E-state index is 9.82. The number of imidazole rings is 1. The molecule has 5 nitrogen and oxygen atoms in total. The van der Waals surface area contributed by atoms with E-state index in [1.165, 1.54) is 0 Å². The number of rotatable bonds is 2. The van der Waals surface area contributed by atoms with Gasteiger partial charge in [0.05, 0.1) is 18.5 Å². The number of nitrogens with zero attached hydrogens (tertiary/aromatic N) is 2. The Kier molecular flexibility index (Phi) is 2.54. The first kappa shape index (κ1) is 9.64. The Labute approximate surface area is 82.5 Å². The minimum Gasteiger partial charge on any atom is -0.385 e. The van der Waals surface area contributed by atoms with E-state index in [-0.39, 0.29) is 6.04 Å². The zero-order chi connectivity index (χ0) is 10.1. The smallest absolute Gasteiger partial charge is 0.135 e. The van der Waals surface area contributed by atoms with Crippen LogP contribution in [0.15, 0.2) is 6.20 Å². The average molecular weight is 197 g/mol. The fraction of sp³-hybridized carbons (Fsp3) is 0.667. The van der Waals surface area contributed by atoms with Gasteiger partial charge in [0.25, 0.3) is 0 Å². The molecule has 0 spiro atoms. The van der Waals surface area contributed by atoms with E-state index < -0.39 is 6.10 Å². The summed E-state index contributed by atoms with van der Waals surface area (Å²) >= 11 is 0. The largest absolute Gasteiger partial charge is 0.385 e. The summed E-state index contributed by atoms with van der Waals surface area (Å²) in [6.45, 7) is 3.71. The summed E-state index contributed by atoms with van der Waals surface area (Å²) in [7, 11) is 0. The van der Waals surface area contributed by atoms with Crippen LogP contribution in [0.25, 0.3) is 0 Å². The Morgan fingerprint density at radius 2 is 2.50 bits per heavy atom. The molecule has 2 atom stereocenters. The third-order valence-corrected chi connectivity index (χ3v) is 2.46. The van der Waals surface area contributed by atoms with Gasteiger partial charge in [0.2, 0.25) is 0 Å². The molecule has 1 aromatic rings. The molecule has 3 N–H and O–H groups in total. The van der Waals surface area contributed by atoms with E-state index in [0.29, 0.717) is 13.2 Å². The Bertz CT molecular complexity index is 322. The Balaban J connectivity index is 2.30. The molecule has 78 valence electrons. The lowest BCUT2D eigenvalue weighted by atomic mass is 10.1. The summed E-state index contributed by atoms with van der Waals surface area (Å²) in [6.07, 6.45) is 1.03. The van der Waals surface area contributed by atoms with E-state index in [1.807, 2.05) is 4.57 Å². The zero-order valence-electron chi connectivity index (χ0n) is 8.18. The van der Waals surface area contributed by atoms with E-state index in [9.17, 15) is 5.11 Å². The van der Waals surface area contributed by atoms with Crippen LogP contribution in [0, 0.1) is 0 Å². The molecule has 0 bridgehead atoms. The van der Waals surface area contributed by atoms with Gasteiger partial charge in [-0.1, -0.05) is 0 Å². The van der Waals surface area contributed by atoms with Crippen molar-refractivity contribution in [2.45, 2.75) is 32.2 Å². The molecule has 2 unspecified atom stereocenters. The first-order valence-corrected chi connectivity index (χ1v) is 4.76. The average Bonchev–Trinajstić information content (AvgIpc) is 2.60. The molecule has 1 aliphatic rings. The summed E-state index contributed by atoms with van der Waals surface area (Å²) < 4.78 is 7.24. The number of fused-ring (bicyclic) bond motifs is 1. The Hall–Kier alpha value is -0.910. The number of aliphatic hydroxyl groups excluding tert-OH is 1. The fourth-order valence-corrected chi connectivity index (χ4v) is 1.63. The number of aliphatic hydroxyl groups is 1. The number of hydrogen-bond donors (Lipinski definition) is 2. The van der Waals surface area contributed by atoms with Crippen LogP contribution in [-0.4, -0.2) is 27.3 Å². The van der Waals surface area contributed by atoms with Crippen LogP contribution in [0.1, 0.15) is 24.5 Å². The van der Waals surface area contributed by atoms with Gasteiger partial charge in [-0.05, 0) is 6.92 Å². The van der Waals surface area contributed by atoms with E-state index >= 15 is 0 Å². The molecule has 1 aliphatic heterocycles. The monoisotopic (exact) mass is 197 g/mol. The quantitative estimate of drug-likeness (QED) is 0.688. The van der Waals surface area contributed by atoms with Gasteiger partial charge in [-0.2, -0.15) is 0 Å². The molecular weight excluding hydrogens is 182 g/mol. The van der Waals surface area contributed by atoms with Crippen molar-refractivity contribution in [2.24, 2.45) is 5.73 Å². The highest BCUT2D eigenvalue weighted by Crippen LogP contribution is 2.19. The van der Waals surface area contributed by atoms with E-state index in [2.05, 4.69) is 4.98 Å². The van der Waals surface area contributed by atoms with E-state index in [0.717, 1.165) is 18.1 Å². The number of nitrogens with two attached hydrogens (primary N) is 1. The molecule has 0 aromatic carbocycles. The number of ether oxygens (including phenoxy) is 1. The van der Waals surface area contributed by atoms with Crippen LogP contribution in [0.3, 0.4) is 0 Å². The lowest BCUT2D eigenvalue weighted by molar-refractivity contribution is 0.0741. The normalized spacial score (nSPS) is 20.2. The van der Waals surface area contributed by atoms with E-state index in [4.69, 9.17) is 10.5 Å². The van der Waals surface area contributed by atoms with Gasteiger partial charge in [0.15, 0.2) is 0 Å². The Morgan fingerprint density at radius 1 is 1.71 bits per heavy atom. The first-order valence-electron chi connectivity index (χ1n) is 4.76. The highest BCUT2D eigenvalue weighted by atomic mass is 16.5. The van der Waals surface area contributed by atoms with Crippen LogP contribution in [0.2, 0.25) is 0 Å². The predicted molar refractivity (Wildman–Crippen MR) is 50.5 cm³/mol. The van der Waals surface area contributed by atoms with Gasteiger partial charge in [0.1, 0.15) is 18.5 Å². The second-order valence-corrected chi connectivity index (χ2v) is 3.61. The molecule has 0 aliphatic carbocycles. The summed E-state index contributed by atoms with van der Waals surface area (Å²) in [5.41, 5.74) is 6.43. The molecule has 0 saturated carbocycles. The van der Waals surface area contributed by atoms with Crippen molar-refractivity contribution in [1.82, 2.24) is 9.55 Å². The molecule has 0 saturated heterocycles. The van der Waals surface area contributed by atoms with Crippen LogP contribution in [0.4, 0.5) is 0 Å². The molecule has 1 aromatic heterocycles. The van der Waals surface area contributed by atoms with Crippen LogP contribution in [0.5, 0.6) is 0 Å². The second-order valence-electron chi connectivity index (χ2n) is 3.61. The summed E-state index contributed by atoms with van der Waals surface area (Å²) in [5.74, 6) is 0.867. The van der Waals surface area contributed by atoms with Crippen molar-refractivity contribution in [3.63, 3.8) is 0 Å². The topological polar surface area (TPSA) is 73.3 Å². The molecule has 2 heterocycles. The van der Waals surface area contributed by atoms with Gasteiger partial charge in [-0.3, -0.25) is 0 Å². The number of aromatic nitrogens is 2. The third-order valence-electron chi connectivity index (χ3n) is 2.46. The summed E-state index contributed by atoms with van der Waals surface area (Å²) in [6, 6.07) is -0.279. The minimum absolute atomic E-state index is 0.279. The predicted octanol–water partition coefficient (Wildman–Crippen LogP) is -0.206. The van der Waals surface area contributed by atoms with Gasteiger partial charge in [0, 0.05) is 12.6 Å². The lowest BCUT2D eigenvalue weighted by Crippen LogP contribution is -2.28. The fourth-order valence-electron chi connectivity index (χ4n) is 1.63. The highest BCUT2D eigenvalue weighted by molar-refractivity contribution is 5.10. The van der Waals surface area contributed by atoms with Gasteiger partial charge in [-0.15, -0.1) is 0 Å². The summed E-state index contributed by atoms with van der Waals surface area (Å²) in [5, 5.41) is 9.82. The molecule has 5 heteroatoms. The molecular formula is C9H15N3O2. The van der Waals surface area contributed by atoms with Crippen molar-refractivity contribution >= 4 is 0 Å². The van der Waals surface area contributed by atoms with Crippen molar-refractivity contribution in [3.8, 4) is 0 Å². The maximum Gasteiger partial charge on any atom is 0.135 e. The first-order chi connectivity index (χ1) is 6.70. The lowest BCUT2D eigenvalue weighted by Gasteiger charge is -2.21. The van der Waals surface area contributed by atoms with Crippen LogP contribution < -0.4 is 5.73 Å². The standard InChI is InChI=1S/C9H15N3O2/c1-6(10)9(13)7-4-11-8-5-14-3-2-12(7)8/h4,6,9,13H,2-3,5,10H2,1H3. The Morgan fingerprint density at radius 3 is 3.21 bits per heavy atom. The SMILES string of the molecule is CC(N)C(O)c1cnc2n1CCOC2. The van der Waals surface area contributed by atoms with Crippen molar-refractivity contribution in [3.05, 3.63) is 17.7 Å². The number of hydrogen-bond acceptors (Lipinski definition) is 4. The zero-order valence-corrected chi connectivity index (χ0v) is 8.18. The maximum absolute atomic E-state index is 9.82. The van der Waals surface area contributed by atoms with Crippen molar-refractivity contribution < 1.29 is 9.84 Å². The van der Waals surface area contributed by atoms with Gasteiger partial charge < -0.3 is 20.1 Å². The molecule has 0 amide bonds. The van der Waals surface area contributed by atoms with Crippen molar-refractivity contribution in [2.75, 3.05) is 6.61 Å². The minimum atomic E-state index is -0.644. The molecule has 0 radical (unpaired) electrons. The third kappa shape index (κ3) is 1.54.